The molecule has 0 saturated heterocycles. The summed E-state index contributed by atoms with van der Waals surface area (Å²) in [5.41, 5.74) is 0. The van der Waals surface area contributed by atoms with Gasteiger partial charge in [0, 0.05) is 19.3 Å². The summed E-state index contributed by atoms with van der Waals surface area (Å²) in [6.45, 7) is 6.54. The zero-order valence-electron chi connectivity index (χ0n) is 43.8. The third-order valence-corrected chi connectivity index (χ3v) is 12.9. The van der Waals surface area contributed by atoms with Crippen LogP contribution >= 0.6 is 0 Å². The van der Waals surface area contributed by atoms with Crippen molar-refractivity contribution in [3.63, 3.8) is 0 Å². The highest BCUT2D eigenvalue weighted by Crippen LogP contribution is 2.17. The van der Waals surface area contributed by atoms with Crippen LogP contribution in [0, 0.1) is 0 Å². The van der Waals surface area contributed by atoms with E-state index in [4.69, 9.17) is 14.2 Å². The first-order valence-electron chi connectivity index (χ1n) is 28.8. The average molecular weight is 916 g/mol. The molecule has 0 aliphatic heterocycles. The summed E-state index contributed by atoms with van der Waals surface area (Å²) in [5.74, 6) is -0.883. The number of unbranched alkanes of at least 4 members (excludes halogenated alkanes) is 38. The summed E-state index contributed by atoms with van der Waals surface area (Å²) in [6.07, 6.45) is 63.9. The van der Waals surface area contributed by atoms with E-state index in [-0.39, 0.29) is 31.1 Å². The van der Waals surface area contributed by atoms with E-state index in [1.54, 1.807) is 0 Å². The van der Waals surface area contributed by atoms with Crippen molar-refractivity contribution in [2.75, 3.05) is 13.2 Å². The standard InChI is InChI=1S/C59H110O6/c1-4-7-10-13-15-17-19-20-21-22-23-24-25-26-27-28-29-30-31-32-33-34-35-36-37-38-40-41-43-46-49-52-58(61)64-55-56(54-63-57(60)51-48-45-12-9-6-3)65-59(62)53-50-47-44-42-39-18-16-14-11-8-5-2/h14,16,22-23,56H,4-13,15,17-21,24-55H2,1-3H3/b16-14-,23-22-. The lowest BCUT2D eigenvalue weighted by Crippen LogP contribution is -2.30. The third-order valence-electron chi connectivity index (χ3n) is 12.9. The lowest BCUT2D eigenvalue weighted by molar-refractivity contribution is -0.167. The van der Waals surface area contributed by atoms with Gasteiger partial charge in [-0.15, -0.1) is 0 Å². The molecule has 0 rings (SSSR count). The summed E-state index contributed by atoms with van der Waals surface area (Å²) in [4.78, 5) is 37.6. The number of hydrogen-bond donors (Lipinski definition) is 0. The molecule has 65 heavy (non-hydrogen) atoms. The minimum atomic E-state index is -0.767. The number of carbonyl (C=O) groups excluding carboxylic acids is 3. The van der Waals surface area contributed by atoms with Gasteiger partial charge in [0.15, 0.2) is 6.10 Å². The predicted molar refractivity (Wildman–Crippen MR) is 279 cm³/mol. The molecule has 0 amide bonds. The van der Waals surface area contributed by atoms with Crippen LogP contribution in [-0.4, -0.2) is 37.2 Å². The summed E-state index contributed by atoms with van der Waals surface area (Å²) in [6, 6.07) is 0. The van der Waals surface area contributed by atoms with Crippen LogP contribution in [0.2, 0.25) is 0 Å². The van der Waals surface area contributed by atoms with E-state index in [0.29, 0.717) is 19.3 Å². The normalized spacial score (nSPS) is 12.1. The lowest BCUT2D eigenvalue weighted by atomic mass is 10.0. The van der Waals surface area contributed by atoms with Crippen LogP contribution in [0.3, 0.4) is 0 Å². The zero-order valence-corrected chi connectivity index (χ0v) is 43.8. The van der Waals surface area contributed by atoms with Crippen molar-refractivity contribution in [2.24, 2.45) is 0 Å². The molecule has 0 fully saturated rings. The van der Waals surface area contributed by atoms with E-state index in [1.165, 1.54) is 205 Å². The third kappa shape index (κ3) is 52.7. The second kappa shape index (κ2) is 54.5. The second-order valence-corrected chi connectivity index (χ2v) is 19.6. The van der Waals surface area contributed by atoms with Gasteiger partial charge in [0.1, 0.15) is 13.2 Å². The number of hydrogen-bond acceptors (Lipinski definition) is 6. The molecule has 6 nitrogen and oxygen atoms in total. The second-order valence-electron chi connectivity index (χ2n) is 19.6. The molecular weight excluding hydrogens is 805 g/mol. The average Bonchev–Trinajstić information content (AvgIpc) is 3.30. The molecular formula is C59H110O6. The Balaban J connectivity index is 3.86. The number of allylic oxidation sites excluding steroid dienone is 4. The molecule has 0 saturated carbocycles. The van der Waals surface area contributed by atoms with Gasteiger partial charge in [-0.25, -0.2) is 0 Å². The van der Waals surface area contributed by atoms with Crippen LogP contribution in [0.15, 0.2) is 24.3 Å². The van der Waals surface area contributed by atoms with Crippen LogP contribution in [-0.2, 0) is 28.6 Å². The van der Waals surface area contributed by atoms with Gasteiger partial charge < -0.3 is 14.2 Å². The first kappa shape index (κ1) is 62.9. The maximum Gasteiger partial charge on any atom is 0.306 e. The molecule has 0 aliphatic rings. The fourth-order valence-electron chi connectivity index (χ4n) is 8.54. The Morgan fingerprint density at radius 1 is 0.292 bits per heavy atom. The Bertz CT molecular complexity index is 1050. The largest absolute Gasteiger partial charge is 0.462 e. The van der Waals surface area contributed by atoms with Crippen molar-refractivity contribution >= 4 is 17.9 Å². The Kier molecular flexibility index (Phi) is 52.7. The van der Waals surface area contributed by atoms with Crippen LogP contribution in [0.25, 0.3) is 0 Å². The number of rotatable bonds is 53. The summed E-state index contributed by atoms with van der Waals surface area (Å²) in [7, 11) is 0. The first-order chi connectivity index (χ1) is 32.0. The minimum Gasteiger partial charge on any atom is -0.462 e. The van der Waals surface area contributed by atoms with Gasteiger partial charge in [-0.2, -0.15) is 0 Å². The van der Waals surface area contributed by atoms with E-state index < -0.39 is 6.10 Å². The van der Waals surface area contributed by atoms with Crippen LogP contribution in [0.4, 0.5) is 0 Å². The maximum absolute atomic E-state index is 12.7. The van der Waals surface area contributed by atoms with E-state index in [0.717, 1.165) is 70.6 Å². The van der Waals surface area contributed by atoms with E-state index in [9.17, 15) is 14.4 Å². The Morgan fingerprint density at radius 2 is 0.523 bits per heavy atom. The van der Waals surface area contributed by atoms with Gasteiger partial charge in [-0.05, 0) is 64.2 Å². The highest BCUT2D eigenvalue weighted by molar-refractivity contribution is 5.71. The Morgan fingerprint density at radius 3 is 0.815 bits per heavy atom. The van der Waals surface area contributed by atoms with Gasteiger partial charge in [-0.1, -0.05) is 257 Å². The zero-order chi connectivity index (χ0) is 47.2. The van der Waals surface area contributed by atoms with E-state index in [2.05, 4.69) is 45.1 Å². The molecule has 0 aliphatic carbocycles. The van der Waals surface area contributed by atoms with Gasteiger partial charge in [0.05, 0.1) is 0 Å². The highest BCUT2D eigenvalue weighted by atomic mass is 16.6. The topological polar surface area (TPSA) is 78.9 Å². The lowest BCUT2D eigenvalue weighted by Gasteiger charge is -2.18. The Labute approximate surface area is 404 Å². The molecule has 382 valence electrons. The van der Waals surface area contributed by atoms with Crippen molar-refractivity contribution < 1.29 is 28.6 Å². The molecule has 0 aromatic heterocycles. The van der Waals surface area contributed by atoms with Crippen molar-refractivity contribution in [2.45, 2.75) is 322 Å². The van der Waals surface area contributed by atoms with Gasteiger partial charge in [0.25, 0.3) is 0 Å². The summed E-state index contributed by atoms with van der Waals surface area (Å²) < 4.78 is 16.7. The van der Waals surface area contributed by atoms with Crippen molar-refractivity contribution in [1.82, 2.24) is 0 Å². The minimum absolute atomic E-state index is 0.0712. The molecule has 0 N–H and O–H groups in total. The molecule has 0 heterocycles. The predicted octanol–water partition coefficient (Wildman–Crippen LogP) is 19.1. The smallest absolute Gasteiger partial charge is 0.306 e. The fourth-order valence-corrected chi connectivity index (χ4v) is 8.54. The van der Waals surface area contributed by atoms with Crippen LogP contribution < -0.4 is 0 Å². The molecule has 6 heteroatoms. The first-order valence-corrected chi connectivity index (χ1v) is 28.8. The van der Waals surface area contributed by atoms with Crippen molar-refractivity contribution in [3.8, 4) is 0 Å². The highest BCUT2D eigenvalue weighted by Gasteiger charge is 2.19. The monoisotopic (exact) mass is 915 g/mol. The molecule has 0 aromatic rings. The van der Waals surface area contributed by atoms with Crippen molar-refractivity contribution in [1.29, 1.82) is 0 Å². The van der Waals surface area contributed by atoms with Gasteiger partial charge >= 0.3 is 17.9 Å². The summed E-state index contributed by atoms with van der Waals surface area (Å²) in [5, 5.41) is 0. The van der Waals surface area contributed by atoms with E-state index >= 15 is 0 Å². The molecule has 0 aromatic carbocycles. The molecule has 0 radical (unpaired) electrons. The van der Waals surface area contributed by atoms with Crippen LogP contribution in [0.5, 0.6) is 0 Å². The number of esters is 3. The van der Waals surface area contributed by atoms with Gasteiger partial charge in [-0.3, -0.25) is 14.4 Å². The van der Waals surface area contributed by atoms with E-state index in [1.807, 2.05) is 0 Å². The van der Waals surface area contributed by atoms with Crippen LogP contribution in [0.1, 0.15) is 316 Å². The molecule has 1 unspecified atom stereocenters. The molecule has 0 bridgehead atoms. The summed E-state index contributed by atoms with van der Waals surface area (Å²) >= 11 is 0. The fraction of sp³-hybridized carbons (Fsp3) is 0.881. The van der Waals surface area contributed by atoms with Gasteiger partial charge in [0.2, 0.25) is 0 Å². The number of carbonyl (C=O) groups is 3. The number of ether oxygens (including phenoxy) is 3. The maximum atomic E-state index is 12.7. The quantitative estimate of drug-likeness (QED) is 0.0262. The SMILES string of the molecule is CCCC/C=C\CCCCCCCC(=O)OC(COC(=O)CCCCCCC)COC(=O)CCCCCCCCCCCCCCCCCCCCC/C=C\CCCCCCCCCC. The Hall–Kier alpha value is -2.11. The van der Waals surface area contributed by atoms with Crippen molar-refractivity contribution in [3.05, 3.63) is 24.3 Å². The molecule has 1 atom stereocenters. The molecule has 0 spiro atoms.